The number of anilines is 1. The maximum Gasteiger partial charge on any atom is 0.226 e. The van der Waals surface area contributed by atoms with Gasteiger partial charge in [0.05, 0.1) is 6.10 Å². The second-order valence-corrected chi connectivity index (χ2v) is 6.77. The Morgan fingerprint density at radius 1 is 1.39 bits per heavy atom. The molecule has 1 aromatic carbocycles. The summed E-state index contributed by atoms with van der Waals surface area (Å²) in [6.45, 7) is 0.811. The number of benzene rings is 1. The quantitative estimate of drug-likeness (QED) is 0.875. The van der Waals surface area contributed by atoms with E-state index in [0.717, 1.165) is 36.3 Å². The molecule has 1 aliphatic rings. The van der Waals surface area contributed by atoms with Crippen LogP contribution in [0.3, 0.4) is 0 Å². The number of carbonyl (C=O) groups excluding carboxylic acids is 1. The van der Waals surface area contributed by atoms with E-state index >= 15 is 0 Å². The zero-order chi connectivity index (χ0) is 16.1. The Bertz CT molecular complexity index is 651. The van der Waals surface area contributed by atoms with Crippen LogP contribution in [0.25, 0.3) is 0 Å². The number of hydrogen-bond donors (Lipinski definition) is 1. The summed E-state index contributed by atoms with van der Waals surface area (Å²) in [5, 5.41) is 3.44. The summed E-state index contributed by atoms with van der Waals surface area (Å²) in [7, 11) is 0. The van der Waals surface area contributed by atoms with Crippen LogP contribution < -0.4 is 5.32 Å². The molecule has 0 unspecified atom stereocenters. The highest BCUT2D eigenvalue weighted by Crippen LogP contribution is 2.22. The lowest BCUT2D eigenvalue weighted by Crippen LogP contribution is -2.15. The normalized spacial score (nSPS) is 17.3. The lowest BCUT2D eigenvalue weighted by atomic mass is 10.1. The number of carbonyl (C=O) groups is 1. The summed E-state index contributed by atoms with van der Waals surface area (Å²) < 4.78 is 18.4. The molecule has 2 heterocycles. The van der Waals surface area contributed by atoms with Crippen molar-refractivity contribution < 1.29 is 13.9 Å². The molecule has 23 heavy (non-hydrogen) atoms. The first-order valence-corrected chi connectivity index (χ1v) is 8.61. The van der Waals surface area contributed by atoms with Gasteiger partial charge in [0.2, 0.25) is 5.91 Å². The summed E-state index contributed by atoms with van der Waals surface area (Å²) in [6, 6.07) is 6.41. The van der Waals surface area contributed by atoms with Crippen molar-refractivity contribution in [2.24, 2.45) is 0 Å². The van der Waals surface area contributed by atoms with Crippen molar-refractivity contribution in [2.75, 3.05) is 11.9 Å². The molecule has 1 aliphatic heterocycles. The largest absolute Gasteiger partial charge is 0.378 e. The van der Waals surface area contributed by atoms with Gasteiger partial charge in [0.25, 0.3) is 0 Å². The zero-order valence-corrected chi connectivity index (χ0v) is 13.6. The Balaban J connectivity index is 1.48. The van der Waals surface area contributed by atoms with Crippen LogP contribution in [-0.4, -0.2) is 23.6 Å². The van der Waals surface area contributed by atoms with E-state index in [1.807, 2.05) is 0 Å². The topological polar surface area (TPSA) is 51.2 Å². The van der Waals surface area contributed by atoms with Gasteiger partial charge in [-0.05, 0) is 37.0 Å². The Morgan fingerprint density at radius 3 is 2.96 bits per heavy atom. The minimum Gasteiger partial charge on any atom is -0.378 e. The number of nitrogens with zero attached hydrogens (tertiary/aromatic N) is 1. The van der Waals surface area contributed by atoms with Gasteiger partial charge in [-0.2, -0.15) is 0 Å². The highest BCUT2D eigenvalue weighted by Gasteiger charge is 2.17. The van der Waals surface area contributed by atoms with Crippen molar-refractivity contribution in [1.82, 2.24) is 4.98 Å². The summed E-state index contributed by atoms with van der Waals surface area (Å²) in [5.41, 5.74) is 1.02. The van der Waals surface area contributed by atoms with Gasteiger partial charge < -0.3 is 10.1 Å². The van der Waals surface area contributed by atoms with Gasteiger partial charge in [-0.15, -0.1) is 11.3 Å². The molecule has 6 heteroatoms. The maximum absolute atomic E-state index is 12.9. The molecule has 1 saturated heterocycles. The first kappa shape index (κ1) is 16.1. The molecule has 122 valence electrons. The van der Waals surface area contributed by atoms with Crippen LogP contribution in [0.15, 0.2) is 30.5 Å². The van der Waals surface area contributed by atoms with E-state index in [9.17, 15) is 9.18 Å². The number of thiazole rings is 1. The minimum atomic E-state index is -0.239. The molecule has 3 rings (SSSR count). The maximum atomic E-state index is 12.9. The second-order valence-electron chi connectivity index (χ2n) is 5.66. The standard InChI is InChI=1S/C17H19FN2O2S/c18-13-5-3-12(4-6-13)10-15-11-19-17(23-15)20-16(21)8-7-14-2-1-9-22-14/h3-6,11,14H,1-2,7-10H2,(H,19,20,21)/t14-/m0/s1. The third-order valence-corrected chi connectivity index (χ3v) is 4.72. The molecule has 1 fully saturated rings. The minimum absolute atomic E-state index is 0.0248. The van der Waals surface area contributed by atoms with Crippen LogP contribution in [0.4, 0.5) is 9.52 Å². The van der Waals surface area contributed by atoms with Crippen LogP contribution in [-0.2, 0) is 16.0 Å². The Kier molecular flexibility index (Phi) is 5.35. The van der Waals surface area contributed by atoms with E-state index in [1.165, 1.54) is 23.5 Å². The lowest BCUT2D eigenvalue weighted by Gasteiger charge is -2.07. The molecule has 1 amide bonds. The van der Waals surface area contributed by atoms with E-state index in [1.54, 1.807) is 18.3 Å². The summed E-state index contributed by atoms with van der Waals surface area (Å²) in [5.74, 6) is -0.263. The Morgan fingerprint density at radius 2 is 2.22 bits per heavy atom. The van der Waals surface area contributed by atoms with Crippen LogP contribution in [0.5, 0.6) is 0 Å². The van der Waals surface area contributed by atoms with Crippen molar-refractivity contribution >= 4 is 22.4 Å². The Labute approximate surface area is 138 Å². The average molecular weight is 334 g/mol. The number of aromatic nitrogens is 1. The molecule has 0 radical (unpaired) electrons. The van der Waals surface area contributed by atoms with E-state index in [0.29, 0.717) is 18.0 Å². The Hall–Kier alpha value is -1.79. The molecule has 1 aromatic heterocycles. The molecule has 0 aliphatic carbocycles. The second kappa shape index (κ2) is 7.66. The predicted molar refractivity (Wildman–Crippen MR) is 88.2 cm³/mol. The fourth-order valence-corrected chi connectivity index (χ4v) is 3.46. The molecule has 2 aromatic rings. The van der Waals surface area contributed by atoms with Gasteiger partial charge in [0, 0.05) is 30.5 Å². The molecule has 0 spiro atoms. The van der Waals surface area contributed by atoms with Gasteiger partial charge in [0.15, 0.2) is 5.13 Å². The van der Waals surface area contributed by atoms with Crippen molar-refractivity contribution in [3.8, 4) is 0 Å². The molecular formula is C17H19FN2O2S. The van der Waals surface area contributed by atoms with Gasteiger partial charge in [0.1, 0.15) is 5.82 Å². The number of hydrogen-bond acceptors (Lipinski definition) is 4. The smallest absolute Gasteiger partial charge is 0.226 e. The highest BCUT2D eigenvalue weighted by molar-refractivity contribution is 7.15. The highest BCUT2D eigenvalue weighted by atomic mass is 32.1. The van der Waals surface area contributed by atoms with E-state index in [2.05, 4.69) is 10.3 Å². The first-order chi connectivity index (χ1) is 11.2. The summed E-state index contributed by atoms with van der Waals surface area (Å²) in [6.07, 6.45) is 6.02. The number of ether oxygens (including phenoxy) is 1. The number of rotatable bonds is 6. The van der Waals surface area contributed by atoms with Crippen molar-refractivity contribution in [3.63, 3.8) is 0 Å². The first-order valence-electron chi connectivity index (χ1n) is 7.79. The van der Waals surface area contributed by atoms with Gasteiger partial charge in [-0.1, -0.05) is 12.1 Å². The fraction of sp³-hybridized carbons (Fsp3) is 0.412. The molecule has 1 N–H and O–H groups in total. The molecule has 1 atom stereocenters. The number of amides is 1. The SMILES string of the molecule is O=C(CC[C@@H]1CCCO1)Nc1ncc(Cc2ccc(F)cc2)s1. The lowest BCUT2D eigenvalue weighted by molar-refractivity contribution is -0.116. The van der Waals surface area contributed by atoms with Crippen LogP contribution in [0.1, 0.15) is 36.1 Å². The molecule has 4 nitrogen and oxygen atoms in total. The molecular weight excluding hydrogens is 315 g/mol. The number of nitrogens with one attached hydrogen (secondary N) is 1. The van der Waals surface area contributed by atoms with Crippen molar-refractivity contribution in [1.29, 1.82) is 0 Å². The summed E-state index contributed by atoms with van der Waals surface area (Å²) >= 11 is 1.45. The van der Waals surface area contributed by atoms with Crippen LogP contribution in [0.2, 0.25) is 0 Å². The monoisotopic (exact) mass is 334 g/mol. The van der Waals surface area contributed by atoms with Gasteiger partial charge >= 0.3 is 0 Å². The predicted octanol–water partition coefficient (Wildman–Crippen LogP) is 3.77. The van der Waals surface area contributed by atoms with Gasteiger partial charge in [-0.3, -0.25) is 4.79 Å². The average Bonchev–Trinajstić information content (AvgIpc) is 3.20. The third kappa shape index (κ3) is 4.84. The fourth-order valence-electron chi connectivity index (χ4n) is 2.60. The summed E-state index contributed by atoms with van der Waals surface area (Å²) in [4.78, 5) is 17.2. The molecule has 0 saturated carbocycles. The van der Waals surface area contributed by atoms with Crippen LogP contribution >= 0.6 is 11.3 Å². The van der Waals surface area contributed by atoms with Crippen LogP contribution in [0, 0.1) is 5.82 Å². The van der Waals surface area contributed by atoms with E-state index in [-0.39, 0.29) is 17.8 Å². The van der Waals surface area contributed by atoms with Gasteiger partial charge in [-0.25, -0.2) is 9.37 Å². The van der Waals surface area contributed by atoms with E-state index in [4.69, 9.17) is 4.74 Å². The molecule has 0 bridgehead atoms. The van der Waals surface area contributed by atoms with E-state index < -0.39 is 0 Å². The number of halogens is 1. The zero-order valence-electron chi connectivity index (χ0n) is 12.8. The third-order valence-electron chi connectivity index (χ3n) is 3.81. The van der Waals surface area contributed by atoms with Crippen molar-refractivity contribution in [3.05, 3.63) is 46.7 Å². The van der Waals surface area contributed by atoms with Crippen molar-refractivity contribution in [2.45, 2.75) is 38.2 Å².